The van der Waals surface area contributed by atoms with Crippen molar-refractivity contribution in [2.75, 3.05) is 26.2 Å². The molecule has 3 aromatic rings. The van der Waals surface area contributed by atoms with Gasteiger partial charge in [0.1, 0.15) is 0 Å². The van der Waals surface area contributed by atoms with Crippen LogP contribution in [0.5, 0.6) is 0 Å². The molecule has 0 radical (unpaired) electrons. The Bertz CT molecular complexity index is 1050. The largest absolute Gasteiger partial charge is 0.339 e. The molecule has 1 fully saturated rings. The van der Waals surface area contributed by atoms with Gasteiger partial charge in [0.25, 0.3) is 5.91 Å². The first-order chi connectivity index (χ1) is 14.5. The second-order valence-electron chi connectivity index (χ2n) is 8.12. The number of benzene rings is 2. The van der Waals surface area contributed by atoms with Gasteiger partial charge in [0, 0.05) is 43.3 Å². The first kappa shape index (κ1) is 20.1. The Labute approximate surface area is 177 Å². The van der Waals surface area contributed by atoms with Crippen LogP contribution in [0.2, 0.25) is 0 Å². The van der Waals surface area contributed by atoms with Crippen LogP contribution in [-0.2, 0) is 11.2 Å². The molecule has 154 valence electrons. The monoisotopic (exact) mass is 401 g/mol. The van der Waals surface area contributed by atoms with Gasteiger partial charge in [-0.25, -0.2) is 0 Å². The van der Waals surface area contributed by atoms with Crippen LogP contribution in [0.15, 0.2) is 60.8 Å². The molecule has 0 unspecified atom stereocenters. The normalized spacial score (nSPS) is 14.4. The summed E-state index contributed by atoms with van der Waals surface area (Å²) in [6.07, 6.45) is 2.09. The molecule has 5 heteroatoms. The van der Waals surface area contributed by atoms with Crippen molar-refractivity contribution in [1.29, 1.82) is 0 Å². The third-order valence-corrected chi connectivity index (χ3v) is 5.80. The molecule has 0 bridgehead atoms. The number of para-hydroxylation sites is 1. The maximum absolute atomic E-state index is 12.9. The van der Waals surface area contributed by atoms with E-state index in [9.17, 15) is 9.59 Å². The second kappa shape index (κ2) is 8.66. The molecule has 2 heterocycles. The number of rotatable bonds is 4. The van der Waals surface area contributed by atoms with Crippen molar-refractivity contribution in [1.82, 2.24) is 14.8 Å². The van der Waals surface area contributed by atoms with Crippen molar-refractivity contribution >= 4 is 22.7 Å². The smallest absolute Gasteiger partial charge is 0.253 e. The number of hydrogen-bond acceptors (Lipinski definition) is 3. The van der Waals surface area contributed by atoms with Crippen LogP contribution in [0, 0.1) is 0 Å². The van der Waals surface area contributed by atoms with Crippen LogP contribution in [0.4, 0.5) is 0 Å². The standard InChI is InChI=1S/C25H27N3O2/c1-18(2)19-8-10-21(11-9-19)25(30)28-15-13-27(14-16-28)23(29)17-22-6-3-5-20-7-4-12-26-24(20)22/h3-12,18H,13-17H2,1-2H3. The first-order valence-electron chi connectivity index (χ1n) is 10.5. The van der Waals surface area contributed by atoms with Crippen molar-refractivity contribution < 1.29 is 9.59 Å². The molecule has 1 aliphatic heterocycles. The summed E-state index contributed by atoms with van der Waals surface area (Å²) in [5.74, 6) is 0.567. The average molecular weight is 402 g/mol. The minimum absolute atomic E-state index is 0.0376. The summed E-state index contributed by atoms with van der Waals surface area (Å²) >= 11 is 0. The lowest BCUT2D eigenvalue weighted by Gasteiger charge is -2.35. The summed E-state index contributed by atoms with van der Waals surface area (Å²) in [4.78, 5) is 33.8. The number of aromatic nitrogens is 1. The van der Waals surface area contributed by atoms with Crippen LogP contribution in [0.25, 0.3) is 10.9 Å². The summed E-state index contributed by atoms with van der Waals surface area (Å²) in [6.45, 7) is 6.52. The Kier molecular flexibility index (Phi) is 5.79. The number of nitrogens with zero attached hydrogens (tertiary/aromatic N) is 3. The summed E-state index contributed by atoms with van der Waals surface area (Å²) in [6, 6.07) is 17.7. The van der Waals surface area contributed by atoms with E-state index < -0.39 is 0 Å². The van der Waals surface area contributed by atoms with Crippen LogP contribution in [0.3, 0.4) is 0 Å². The van der Waals surface area contributed by atoms with Crippen LogP contribution in [0.1, 0.15) is 41.3 Å². The van der Waals surface area contributed by atoms with Crippen LogP contribution in [-0.4, -0.2) is 52.8 Å². The maximum atomic E-state index is 12.9. The molecule has 1 saturated heterocycles. The highest BCUT2D eigenvalue weighted by Crippen LogP contribution is 2.19. The van der Waals surface area contributed by atoms with Gasteiger partial charge in [0.2, 0.25) is 5.91 Å². The zero-order valence-corrected chi connectivity index (χ0v) is 17.5. The Morgan fingerprint density at radius 1 is 0.900 bits per heavy atom. The van der Waals surface area contributed by atoms with Crippen LogP contribution >= 0.6 is 0 Å². The Morgan fingerprint density at radius 3 is 2.27 bits per heavy atom. The predicted octanol–water partition coefficient (Wildman–Crippen LogP) is 3.89. The van der Waals surface area contributed by atoms with Gasteiger partial charge in [-0.1, -0.05) is 50.2 Å². The number of amides is 2. The van der Waals surface area contributed by atoms with E-state index in [1.54, 1.807) is 6.20 Å². The number of piperazine rings is 1. The zero-order valence-electron chi connectivity index (χ0n) is 17.5. The van der Waals surface area contributed by atoms with E-state index in [1.165, 1.54) is 5.56 Å². The third kappa shape index (κ3) is 4.20. The fourth-order valence-corrected chi connectivity index (χ4v) is 3.94. The molecular formula is C25H27N3O2. The lowest BCUT2D eigenvalue weighted by atomic mass is 10.0. The van der Waals surface area contributed by atoms with Gasteiger partial charge in [-0.2, -0.15) is 0 Å². The summed E-state index contributed by atoms with van der Waals surface area (Å²) in [5, 5.41) is 1.04. The Morgan fingerprint density at radius 2 is 1.57 bits per heavy atom. The minimum atomic E-state index is 0.0376. The van der Waals surface area contributed by atoms with E-state index in [-0.39, 0.29) is 11.8 Å². The highest BCUT2D eigenvalue weighted by atomic mass is 16.2. The zero-order chi connectivity index (χ0) is 21.1. The lowest BCUT2D eigenvalue weighted by Crippen LogP contribution is -2.51. The van der Waals surface area contributed by atoms with E-state index in [4.69, 9.17) is 0 Å². The fraction of sp³-hybridized carbons (Fsp3) is 0.320. The molecule has 1 aromatic heterocycles. The number of hydrogen-bond donors (Lipinski definition) is 0. The Balaban J connectivity index is 1.37. The van der Waals surface area contributed by atoms with E-state index >= 15 is 0 Å². The van der Waals surface area contributed by atoms with Gasteiger partial charge in [-0.15, -0.1) is 0 Å². The highest BCUT2D eigenvalue weighted by molar-refractivity contribution is 5.94. The van der Waals surface area contributed by atoms with Crippen molar-refractivity contribution in [2.24, 2.45) is 0 Å². The van der Waals surface area contributed by atoms with Gasteiger partial charge in [0.05, 0.1) is 11.9 Å². The molecular weight excluding hydrogens is 374 g/mol. The molecule has 0 spiro atoms. The fourth-order valence-electron chi connectivity index (χ4n) is 3.94. The van der Waals surface area contributed by atoms with Crippen molar-refractivity contribution in [3.05, 3.63) is 77.5 Å². The van der Waals surface area contributed by atoms with Crippen LogP contribution < -0.4 is 0 Å². The summed E-state index contributed by atoms with van der Waals surface area (Å²) in [5.41, 5.74) is 3.76. The number of fused-ring (bicyclic) bond motifs is 1. The van der Waals surface area contributed by atoms with Crippen molar-refractivity contribution in [3.8, 4) is 0 Å². The third-order valence-electron chi connectivity index (χ3n) is 5.80. The molecule has 2 amide bonds. The summed E-state index contributed by atoms with van der Waals surface area (Å²) in [7, 11) is 0. The molecule has 2 aromatic carbocycles. The van der Waals surface area contributed by atoms with E-state index in [0.29, 0.717) is 44.1 Å². The first-order valence-corrected chi connectivity index (χ1v) is 10.5. The van der Waals surface area contributed by atoms with Gasteiger partial charge in [-0.3, -0.25) is 14.6 Å². The molecule has 30 heavy (non-hydrogen) atoms. The van der Waals surface area contributed by atoms with E-state index in [0.717, 1.165) is 16.5 Å². The van der Waals surface area contributed by atoms with Crippen molar-refractivity contribution in [3.63, 3.8) is 0 Å². The van der Waals surface area contributed by atoms with Gasteiger partial charge in [0.15, 0.2) is 0 Å². The Hall–Kier alpha value is -3.21. The van der Waals surface area contributed by atoms with Crippen molar-refractivity contribution in [2.45, 2.75) is 26.2 Å². The van der Waals surface area contributed by atoms with E-state index in [2.05, 4.69) is 18.8 Å². The molecule has 4 rings (SSSR count). The number of carbonyl (C=O) groups is 2. The van der Waals surface area contributed by atoms with Gasteiger partial charge < -0.3 is 9.80 Å². The molecule has 0 atom stereocenters. The second-order valence-corrected chi connectivity index (χ2v) is 8.12. The molecule has 1 aliphatic rings. The molecule has 0 saturated carbocycles. The van der Waals surface area contributed by atoms with Gasteiger partial charge in [-0.05, 0) is 35.2 Å². The number of pyridine rings is 1. The predicted molar refractivity (Wildman–Crippen MR) is 118 cm³/mol. The molecule has 5 nitrogen and oxygen atoms in total. The van der Waals surface area contributed by atoms with Gasteiger partial charge >= 0.3 is 0 Å². The molecule has 0 N–H and O–H groups in total. The SMILES string of the molecule is CC(C)c1ccc(C(=O)N2CCN(C(=O)Cc3cccc4cccnc34)CC2)cc1. The van der Waals surface area contributed by atoms with E-state index in [1.807, 2.05) is 64.4 Å². The topological polar surface area (TPSA) is 53.5 Å². The minimum Gasteiger partial charge on any atom is -0.339 e. The highest BCUT2D eigenvalue weighted by Gasteiger charge is 2.25. The quantitative estimate of drug-likeness (QED) is 0.667. The maximum Gasteiger partial charge on any atom is 0.253 e. The number of carbonyl (C=O) groups excluding carboxylic acids is 2. The lowest BCUT2D eigenvalue weighted by molar-refractivity contribution is -0.131. The molecule has 0 aliphatic carbocycles. The summed E-state index contributed by atoms with van der Waals surface area (Å²) < 4.78 is 0. The average Bonchev–Trinajstić information content (AvgIpc) is 2.79.